The summed E-state index contributed by atoms with van der Waals surface area (Å²) < 4.78 is 8.00. The molecule has 0 aliphatic carbocycles. The number of rotatable bonds is 5. The molecule has 0 bridgehead atoms. The highest BCUT2D eigenvalue weighted by Crippen LogP contribution is 2.25. The lowest BCUT2D eigenvalue weighted by Crippen LogP contribution is -2.06. The minimum atomic E-state index is 0.608. The maximum absolute atomic E-state index is 5.79. The van der Waals surface area contributed by atoms with Crippen molar-refractivity contribution in [3.63, 3.8) is 0 Å². The predicted molar refractivity (Wildman–Crippen MR) is 83.3 cm³/mol. The second-order valence-electron chi connectivity index (χ2n) is 3.80. The third kappa shape index (κ3) is 3.82. The summed E-state index contributed by atoms with van der Waals surface area (Å²) in [5.74, 6) is 0.896. The molecule has 1 aromatic heterocycles. The fourth-order valence-electron chi connectivity index (χ4n) is 1.55. The van der Waals surface area contributed by atoms with E-state index in [1.165, 1.54) is 10.4 Å². The minimum Gasteiger partial charge on any atom is -0.488 e. The van der Waals surface area contributed by atoms with E-state index in [9.17, 15) is 0 Å². The molecular formula is C13H13Br2NOS. The third-order valence-electron chi connectivity index (χ3n) is 2.39. The molecule has 1 aromatic carbocycles. The number of thiophene rings is 1. The molecule has 0 atom stereocenters. The van der Waals surface area contributed by atoms with Gasteiger partial charge in [0.25, 0.3) is 0 Å². The molecule has 5 heteroatoms. The van der Waals surface area contributed by atoms with E-state index < -0.39 is 0 Å². The molecule has 0 unspecified atom stereocenters. The van der Waals surface area contributed by atoms with E-state index in [-0.39, 0.29) is 0 Å². The highest BCUT2D eigenvalue weighted by Gasteiger charge is 2.03. The highest BCUT2D eigenvalue weighted by molar-refractivity contribution is 9.10. The Morgan fingerprint density at radius 3 is 2.78 bits per heavy atom. The number of nitrogens with one attached hydrogen (secondary N) is 1. The van der Waals surface area contributed by atoms with Crippen LogP contribution in [0.5, 0.6) is 5.75 Å². The number of hydrogen-bond donors (Lipinski definition) is 1. The number of hydrogen-bond acceptors (Lipinski definition) is 3. The first-order valence-electron chi connectivity index (χ1n) is 5.48. The van der Waals surface area contributed by atoms with Gasteiger partial charge < -0.3 is 10.1 Å². The second-order valence-corrected chi connectivity index (χ2v) is 6.57. The van der Waals surface area contributed by atoms with Crippen LogP contribution in [-0.2, 0) is 13.2 Å². The lowest BCUT2D eigenvalue weighted by Gasteiger charge is -2.08. The Labute approximate surface area is 128 Å². The van der Waals surface area contributed by atoms with E-state index >= 15 is 0 Å². The monoisotopic (exact) mass is 389 g/mol. The number of ether oxygens (including phenoxy) is 1. The largest absolute Gasteiger partial charge is 0.488 e. The van der Waals surface area contributed by atoms with E-state index in [0.717, 1.165) is 21.2 Å². The summed E-state index contributed by atoms with van der Waals surface area (Å²) in [6.45, 7) is 1.43. The maximum atomic E-state index is 5.79. The van der Waals surface area contributed by atoms with Gasteiger partial charge in [-0.1, -0.05) is 15.9 Å². The van der Waals surface area contributed by atoms with Gasteiger partial charge in [0.2, 0.25) is 0 Å². The molecule has 96 valence electrons. The minimum absolute atomic E-state index is 0.608. The Hall–Kier alpha value is -0.360. The lowest BCUT2D eigenvalue weighted by molar-refractivity contribution is 0.309. The summed E-state index contributed by atoms with van der Waals surface area (Å²) in [6.07, 6.45) is 0. The van der Waals surface area contributed by atoms with Gasteiger partial charge in [0, 0.05) is 25.7 Å². The van der Waals surface area contributed by atoms with Gasteiger partial charge in [-0.3, -0.25) is 0 Å². The van der Waals surface area contributed by atoms with Crippen molar-refractivity contribution in [2.75, 3.05) is 7.05 Å². The molecular weight excluding hydrogens is 378 g/mol. The normalized spacial score (nSPS) is 10.6. The highest BCUT2D eigenvalue weighted by atomic mass is 79.9. The van der Waals surface area contributed by atoms with E-state index in [2.05, 4.69) is 54.7 Å². The number of halogens is 2. The van der Waals surface area contributed by atoms with Gasteiger partial charge in [0.1, 0.15) is 12.4 Å². The third-order valence-corrected chi connectivity index (χ3v) is 4.83. The Balaban J connectivity index is 2.03. The quantitative estimate of drug-likeness (QED) is 0.807. The molecule has 1 N–H and O–H groups in total. The van der Waals surface area contributed by atoms with Crippen molar-refractivity contribution >= 4 is 43.2 Å². The van der Waals surface area contributed by atoms with Gasteiger partial charge in [0.15, 0.2) is 0 Å². The zero-order valence-corrected chi connectivity index (χ0v) is 13.9. The van der Waals surface area contributed by atoms with Crippen molar-refractivity contribution in [1.29, 1.82) is 0 Å². The van der Waals surface area contributed by atoms with Crippen LogP contribution in [0.4, 0.5) is 0 Å². The second kappa shape index (κ2) is 6.70. The van der Waals surface area contributed by atoms with Gasteiger partial charge >= 0.3 is 0 Å². The molecule has 0 fully saturated rings. The van der Waals surface area contributed by atoms with Gasteiger partial charge in [-0.2, -0.15) is 0 Å². The molecule has 0 saturated heterocycles. The van der Waals surface area contributed by atoms with Crippen LogP contribution in [0.15, 0.2) is 38.6 Å². The molecule has 0 saturated carbocycles. The Bertz CT molecular complexity index is 527. The van der Waals surface area contributed by atoms with Crippen molar-refractivity contribution in [3.8, 4) is 5.75 Å². The van der Waals surface area contributed by atoms with Crippen molar-refractivity contribution < 1.29 is 4.74 Å². The standard InChI is InChI=1S/C13H13Br2NOS/c1-16-6-9-4-11(2-3-13(9)15)17-7-12-5-10(14)8-18-12/h2-5,8,16H,6-7H2,1H3. The summed E-state index contributed by atoms with van der Waals surface area (Å²) in [5, 5.41) is 5.20. The van der Waals surface area contributed by atoms with Gasteiger partial charge in [0.05, 0.1) is 0 Å². The molecule has 2 nitrogen and oxygen atoms in total. The molecule has 18 heavy (non-hydrogen) atoms. The van der Waals surface area contributed by atoms with Gasteiger partial charge in [-0.25, -0.2) is 0 Å². The lowest BCUT2D eigenvalue weighted by atomic mass is 10.2. The summed E-state index contributed by atoms with van der Waals surface area (Å²) in [7, 11) is 1.93. The van der Waals surface area contributed by atoms with Crippen LogP contribution in [0.1, 0.15) is 10.4 Å². The molecule has 0 spiro atoms. The van der Waals surface area contributed by atoms with Crippen LogP contribution in [0.2, 0.25) is 0 Å². The maximum Gasteiger partial charge on any atom is 0.122 e. The Kier molecular flexibility index (Phi) is 5.24. The van der Waals surface area contributed by atoms with Crippen LogP contribution in [0.3, 0.4) is 0 Å². The molecule has 1 heterocycles. The van der Waals surface area contributed by atoms with Crippen LogP contribution < -0.4 is 10.1 Å². The van der Waals surface area contributed by atoms with Crippen molar-refractivity contribution in [1.82, 2.24) is 5.32 Å². The predicted octanol–water partition coefficient (Wildman–Crippen LogP) is 4.57. The molecule has 0 amide bonds. The first kappa shape index (κ1) is 14.1. The van der Waals surface area contributed by atoms with E-state index in [0.29, 0.717) is 6.61 Å². The molecule has 0 radical (unpaired) electrons. The number of benzene rings is 1. The Morgan fingerprint density at radius 1 is 1.28 bits per heavy atom. The van der Waals surface area contributed by atoms with Crippen molar-refractivity contribution in [2.24, 2.45) is 0 Å². The van der Waals surface area contributed by atoms with E-state index in [1.54, 1.807) is 11.3 Å². The molecule has 0 aliphatic rings. The fraction of sp³-hybridized carbons (Fsp3) is 0.231. The average molecular weight is 391 g/mol. The average Bonchev–Trinajstić information content (AvgIpc) is 2.76. The summed E-state index contributed by atoms with van der Waals surface area (Å²) in [5.41, 5.74) is 1.20. The molecule has 2 rings (SSSR count). The smallest absolute Gasteiger partial charge is 0.122 e. The van der Waals surface area contributed by atoms with Gasteiger partial charge in [-0.15, -0.1) is 11.3 Å². The summed E-state index contributed by atoms with van der Waals surface area (Å²) in [4.78, 5) is 1.21. The van der Waals surface area contributed by atoms with E-state index in [4.69, 9.17) is 4.74 Å². The molecule has 0 aliphatic heterocycles. The Morgan fingerprint density at radius 2 is 2.11 bits per heavy atom. The van der Waals surface area contributed by atoms with E-state index in [1.807, 2.05) is 19.2 Å². The SMILES string of the molecule is CNCc1cc(OCc2cc(Br)cs2)ccc1Br. The van der Waals surface area contributed by atoms with Gasteiger partial charge in [-0.05, 0) is 52.8 Å². The first-order valence-corrected chi connectivity index (χ1v) is 7.94. The summed E-state index contributed by atoms with van der Waals surface area (Å²) >= 11 is 8.66. The van der Waals surface area contributed by atoms with Crippen molar-refractivity contribution in [2.45, 2.75) is 13.2 Å². The van der Waals surface area contributed by atoms with Crippen LogP contribution >= 0.6 is 43.2 Å². The van der Waals surface area contributed by atoms with Crippen LogP contribution in [0, 0.1) is 0 Å². The van der Waals surface area contributed by atoms with Crippen molar-refractivity contribution in [3.05, 3.63) is 49.0 Å². The topological polar surface area (TPSA) is 21.3 Å². The fourth-order valence-corrected chi connectivity index (χ4v) is 3.30. The summed E-state index contributed by atoms with van der Waals surface area (Å²) in [6, 6.07) is 8.14. The zero-order valence-electron chi connectivity index (χ0n) is 9.87. The first-order chi connectivity index (χ1) is 8.69. The zero-order chi connectivity index (χ0) is 13.0. The van der Waals surface area contributed by atoms with Crippen LogP contribution in [0.25, 0.3) is 0 Å². The van der Waals surface area contributed by atoms with Crippen LogP contribution in [-0.4, -0.2) is 7.05 Å². The molecule has 2 aromatic rings.